The summed E-state index contributed by atoms with van der Waals surface area (Å²) in [5.41, 5.74) is 9.18. The van der Waals surface area contributed by atoms with Crippen molar-refractivity contribution in [3.8, 4) is 0 Å². The van der Waals surface area contributed by atoms with Crippen molar-refractivity contribution in [1.82, 2.24) is 4.57 Å². The maximum Gasteiger partial charge on any atom is 0.156 e. The van der Waals surface area contributed by atoms with Gasteiger partial charge in [-0.2, -0.15) is 0 Å². The number of thioether (sulfide) groups is 1. The van der Waals surface area contributed by atoms with Gasteiger partial charge in [0.2, 0.25) is 0 Å². The number of benzene rings is 2. The lowest BCUT2D eigenvalue weighted by atomic mass is 10.2. The fraction of sp³-hybridized carbons (Fsp3) is 0.118. The van der Waals surface area contributed by atoms with Gasteiger partial charge in [-0.05, 0) is 18.6 Å². The van der Waals surface area contributed by atoms with Crippen molar-refractivity contribution in [2.45, 2.75) is 18.4 Å². The maximum absolute atomic E-state index is 7.57. The number of para-hydroxylation sites is 1. The second kappa shape index (κ2) is 7.19. The lowest BCUT2D eigenvalue weighted by Gasteiger charge is -2.08. The molecule has 0 unspecified atom stereocenters. The van der Waals surface area contributed by atoms with E-state index < -0.39 is 0 Å². The van der Waals surface area contributed by atoms with Crippen LogP contribution in [0.25, 0.3) is 10.9 Å². The Kier molecular flexibility index (Phi) is 5.52. The monoisotopic (exact) mass is 423 g/mol. The van der Waals surface area contributed by atoms with Crippen LogP contribution in [0.15, 0.2) is 59.5 Å². The van der Waals surface area contributed by atoms with E-state index in [9.17, 15) is 0 Å². The van der Waals surface area contributed by atoms with Crippen molar-refractivity contribution in [2.75, 3.05) is 0 Å². The average molecular weight is 423 g/mol. The molecule has 0 radical (unpaired) electrons. The standard InChI is InChI=1S/C17H17N3S.HI/c1-12-16(21-17(18)19)14-9-5-6-10-15(14)20(12)11-13-7-3-2-4-8-13;/h2-10H,11H2,1H3,(H3,18,19);1H. The van der Waals surface area contributed by atoms with Gasteiger partial charge in [0.25, 0.3) is 0 Å². The average Bonchev–Trinajstić information content (AvgIpc) is 2.74. The third kappa shape index (κ3) is 3.30. The SMILES string of the molecule is Cc1c(SC(=N)N)c2ccccc2n1Cc1ccccc1.I. The Balaban J connectivity index is 0.00000176. The number of nitrogens with zero attached hydrogens (tertiary/aromatic N) is 1. The van der Waals surface area contributed by atoms with E-state index in [1.54, 1.807) is 0 Å². The molecule has 0 aliphatic rings. The first kappa shape index (κ1) is 16.9. The molecule has 3 rings (SSSR count). The minimum Gasteiger partial charge on any atom is -0.378 e. The second-order valence-corrected chi connectivity index (χ2v) is 6.02. The second-order valence-electron chi connectivity index (χ2n) is 4.97. The van der Waals surface area contributed by atoms with Crippen molar-refractivity contribution in [3.05, 3.63) is 65.9 Å². The first-order chi connectivity index (χ1) is 10.2. The normalized spacial score (nSPS) is 10.4. The van der Waals surface area contributed by atoms with E-state index in [4.69, 9.17) is 11.1 Å². The van der Waals surface area contributed by atoms with Gasteiger partial charge in [-0.1, -0.05) is 60.3 Å². The van der Waals surface area contributed by atoms with Gasteiger partial charge in [-0.3, -0.25) is 5.41 Å². The highest BCUT2D eigenvalue weighted by Gasteiger charge is 2.15. The molecule has 0 saturated carbocycles. The van der Waals surface area contributed by atoms with E-state index in [0.29, 0.717) is 0 Å². The van der Waals surface area contributed by atoms with Gasteiger partial charge < -0.3 is 10.3 Å². The summed E-state index contributed by atoms with van der Waals surface area (Å²) in [5, 5.41) is 8.85. The first-order valence-corrected chi connectivity index (χ1v) is 7.62. The summed E-state index contributed by atoms with van der Waals surface area (Å²) in [6.07, 6.45) is 0. The lowest BCUT2D eigenvalue weighted by molar-refractivity contribution is 0.795. The van der Waals surface area contributed by atoms with Crippen LogP contribution in [-0.4, -0.2) is 9.73 Å². The predicted octanol–water partition coefficient (Wildman–Crippen LogP) is 4.60. The van der Waals surface area contributed by atoms with Crippen LogP contribution in [0.2, 0.25) is 0 Å². The molecule has 22 heavy (non-hydrogen) atoms. The third-order valence-electron chi connectivity index (χ3n) is 3.57. The molecule has 0 aliphatic heterocycles. The molecular weight excluding hydrogens is 405 g/mol. The van der Waals surface area contributed by atoms with Crippen LogP contribution in [0.4, 0.5) is 0 Å². The van der Waals surface area contributed by atoms with E-state index >= 15 is 0 Å². The van der Waals surface area contributed by atoms with Crippen LogP contribution in [0.5, 0.6) is 0 Å². The predicted molar refractivity (Wildman–Crippen MR) is 105 cm³/mol. The highest BCUT2D eigenvalue weighted by atomic mass is 127. The van der Waals surface area contributed by atoms with Crippen molar-refractivity contribution >= 4 is 51.8 Å². The number of amidine groups is 1. The number of rotatable bonds is 3. The van der Waals surface area contributed by atoms with E-state index in [-0.39, 0.29) is 29.1 Å². The van der Waals surface area contributed by atoms with E-state index in [1.165, 1.54) is 22.8 Å². The molecule has 0 fully saturated rings. The molecule has 0 spiro atoms. The number of aromatic nitrogens is 1. The summed E-state index contributed by atoms with van der Waals surface area (Å²) < 4.78 is 2.29. The highest BCUT2D eigenvalue weighted by Crippen LogP contribution is 2.34. The maximum atomic E-state index is 7.57. The van der Waals surface area contributed by atoms with Crippen LogP contribution in [0.1, 0.15) is 11.3 Å². The topological polar surface area (TPSA) is 54.8 Å². The molecule has 114 valence electrons. The Morgan fingerprint density at radius 1 is 1.09 bits per heavy atom. The fourth-order valence-electron chi connectivity index (χ4n) is 2.61. The minimum absolute atomic E-state index is 0. The minimum atomic E-state index is 0. The zero-order valence-electron chi connectivity index (χ0n) is 12.2. The van der Waals surface area contributed by atoms with Gasteiger partial charge in [0.05, 0.1) is 0 Å². The number of nitrogens with one attached hydrogen (secondary N) is 1. The summed E-state index contributed by atoms with van der Waals surface area (Å²) in [6, 6.07) is 18.7. The largest absolute Gasteiger partial charge is 0.378 e. The van der Waals surface area contributed by atoms with Crippen LogP contribution in [-0.2, 0) is 6.54 Å². The van der Waals surface area contributed by atoms with Crippen molar-refractivity contribution < 1.29 is 0 Å². The highest BCUT2D eigenvalue weighted by molar-refractivity contribution is 14.0. The molecule has 3 N–H and O–H groups in total. The zero-order chi connectivity index (χ0) is 14.8. The summed E-state index contributed by atoms with van der Waals surface area (Å²) >= 11 is 1.33. The van der Waals surface area contributed by atoms with Crippen LogP contribution < -0.4 is 5.73 Å². The molecule has 0 amide bonds. The number of halogens is 1. The number of hydrogen-bond acceptors (Lipinski definition) is 2. The van der Waals surface area contributed by atoms with Crippen LogP contribution in [0, 0.1) is 12.3 Å². The fourth-order valence-corrected chi connectivity index (χ4v) is 3.37. The molecular formula is C17H18IN3S. The molecule has 0 saturated heterocycles. The van der Waals surface area contributed by atoms with E-state index in [0.717, 1.165) is 22.5 Å². The van der Waals surface area contributed by atoms with Gasteiger partial charge in [-0.15, -0.1) is 24.0 Å². The summed E-state index contributed by atoms with van der Waals surface area (Å²) in [6.45, 7) is 2.92. The van der Waals surface area contributed by atoms with Crippen LogP contribution in [0.3, 0.4) is 0 Å². The first-order valence-electron chi connectivity index (χ1n) is 6.80. The van der Waals surface area contributed by atoms with Gasteiger partial charge in [0, 0.05) is 28.0 Å². The van der Waals surface area contributed by atoms with Crippen molar-refractivity contribution in [3.63, 3.8) is 0 Å². The third-order valence-corrected chi connectivity index (χ3v) is 4.51. The molecule has 1 heterocycles. The quantitative estimate of drug-likeness (QED) is 0.280. The Labute approximate surface area is 151 Å². The molecule has 3 nitrogen and oxygen atoms in total. The zero-order valence-corrected chi connectivity index (χ0v) is 15.4. The summed E-state index contributed by atoms with van der Waals surface area (Å²) in [7, 11) is 0. The summed E-state index contributed by atoms with van der Waals surface area (Å²) in [5.74, 6) is 0. The molecule has 2 aromatic carbocycles. The molecule has 0 atom stereocenters. The Bertz CT molecular complexity index is 796. The molecule has 3 aromatic rings. The molecule has 0 bridgehead atoms. The van der Waals surface area contributed by atoms with Gasteiger partial charge in [-0.25, -0.2) is 0 Å². The summed E-state index contributed by atoms with van der Waals surface area (Å²) in [4.78, 5) is 1.08. The van der Waals surface area contributed by atoms with Crippen molar-refractivity contribution in [2.24, 2.45) is 5.73 Å². The van der Waals surface area contributed by atoms with Crippen molar-refractivity contribution in [1.29, 1.82) is 5.41 Å². The molecule has 0 aliphatic carbocycles. The molecule has 1 aromatic heterocycles. The molecule has 5 heteroatoms. The Hall–Kier alpha value is -1.47. The smallest absolute Gasteiger partial charge is 0.156 e. The number of nitrogens with two attached hydrogens (primary N) is 1. The Morgan fingerprint density at radius 3 is 2.41 bits per heavy atom. The van der Waals surface area contributed by atoms with Gasteiger partial charge >= 0.3 is 0 Å². The number of hydrogen-bond donors (Lipinski definition) is 2. The van der Waals surface area contributed by atoms with E-state index in [2.05, 4.69) is 47.9 Å². The Morgan fingerprint density at radius 2 is 1.73 bits per heavy atom. The van der Waals surface area contributed by atoms with Gasteiger partial charge in [0.15, 0.2) is 5.17 Å². The van der Waals surface area contributed by atoms with E-state index in [1.807, 2.05) is 18.2 Å². The number of fused-ring (bicyclic) bond motifs is 1. The lowest BCUT2D eigenvalue weighted by Crippen LogP contribution is -2.04. The van der Waals surface area contributed by atoms with Crippen LogP contribution >= 0.6 is 35.7 Å². The van der Waals surface area contributed by atoms with Gasteiger partial charge in [0.1, 0.15) is 0 Å².